The predicted octanol–water partition coefficient (Wildman–Crippen LogP) is 3.58. The highest BCUT2D eigenvalue weighted by atomic mass is 32.2. The molecule has 0 heterocycles. The van der Waals surface area contributed by atoms with Gasteiger partial charge in [0.2, 0.25) is 12.3 Å². The van der Waals surface area contributed by atoms with Crippen molar-refractivity contribution in [2.24, 2.45) is 0 Å². The lowest BCUT2D eigenvalue weighted by Gasteiger charge is -2.23. The van der Waals surface area contributed by atoms with E-state index in [4.69, 9.17) is 12.2 Å². The van der Waals surface area contributed by atoms with Crippen LogP contribution < -0.4 is 26.8 Å². The summed E-state index contributed by atoms with van der Waals surface area (Å²) in [7, 11) is 0. The van der Waals surface area contributed by atoms with Crippen molar-refractivity contribution in [2.45, 2.75) is 31.2 Å². The van der Waals surface area contributed by atoms with Gasteiger partial charge >= 0.3 is 0 Å². The lowest BCUT2D eigenvalue weighted by molar-refractivity contribution is -0.113. The van der Waals surface area contributed by atoms with Crippen molar-refractivity contribution in [2.75, 3.05) is 21.8 Å². The molecule has 0 atom stereocenters. The van der Waals surface area contributed by atoms with E-state index >= 15 is 0 Å². The van der Waals surface area contributed by atoms with E-state index in [-0.39, 0.29) is 17.2 Å². The second-order valence-corrected chi connectivity index (χ2v) is 8.62. The van der Waals surface area contributed by atoms with Crippen molar-refractivity contribution >= 4 is 58.5 Å². The summed E-state index contributed by atoms with van der Waals surface area (Å²) < 4.78 is 0. The Morgan fingerprint density at radius 3 is 2.38 bits per heavy atom. The van der Waals surface area contributed by atoms with Crippen LogP contribution in [0.15, 0.2) is 53.4 Å². The van der Waals surface area contributed by atoms with Crippen LogP contribution in [0.25, 0.3) is 0 Å². The first-order chi connectivity index (χ1) is 13.7. The lowest BCUT2D eigenvalue weighted by Crippen LogP contribution is -2.42. The molecule has 0 saturated heterocycles. The van der Waals surface area contributed by atoms with Crippen molar-refractivity contribution in [3.05, 3.63) is 48.5 Å². The van der Waals surface area contributed by atoms with Gasteiger partial charge in [-0.15, -0.1) is 11.8 Å². The second-order valence-electron chi connectivity index (χ2n) is 7.16. The fourth-order valence-electron chi connectivity index (χ4n) is 2.26. The average Bonchev–Trinajstić information content (AvgIpc) is 2.64. The molecule has 0 aromatic heterocycles. The molecular formula is C20H25N5O2S2. The monoisotopic (exact) mass is 431 g/mol. The van der Waals surface area contributed by atoms with Crippen LogP contribution >= 0.6 is 24.0 Å². The first-order valence-corrected chi connectivity index (χ1v) is 10.3. The van der Waals surface area contributed by atoms with Gasteiger partial charge in [0.15, 0.2) is 5.11 Å². The molecule has 2 aromatic carbocycles. The molecule has 9 heteroatoms. The summed E-state index contributed by atoms with van der Waals surface area (Å²) in [6.45, 7) is 6.12. The minimum Gasteiger partial charge on any atom is -0.358 e. The van der Waals surface area contributed by atoms with E-state index in [1.807, 2.05) is 45.0 Å². The van der Waals surface area contributed by atoms with Gasteiger partial charge in [-0.2, -0.15) is 0 Å². The van der Waals surface area contributed by atoms with E-state index in [0.717, 1.165) is 10.6 Å². The van der Waals surface area contributed by atoms with Crippen LogP contribution in [0.2, 0.25) is 0 Å². The van der Waals surface area contributed by atoms with E-state index in [1.165, 1.54) is 11.8 Å². The van der Waals surface area contributed by atoms with Gasteiger partial charge < -0.3 is 16.0 Å². The Labute approximate surface area is 180 Å². The fraction of sp³-hybridized carbons (Fsp3) is 0.250. The van der Waals surface area contributed by atoms with Gasteiger partial charge in [-0.25, -0.2) is 0 Å². The largest absolute Gasteiger partial charge is 0.358 e. The van der Waals surface area contributed by atoms with Crippen molar-refractivity contribution in [1.29, 1.82) is 0 Å². The molecule has 0 unspecified atom stereocenters. The minimum absolute atomic E-state index is 0.106. The van der Waals surface area contributed by atoms with Gasteiger partial charge in [-0.3, -0.25) is 20.4 Å². The number of benzene rings is 2. The summed E-state index contributed by atoms with van der Waals surface area (Å²) in [5.41, 5.74) is 7.20. The van der Waals surface area contributed by atoms with Crippen molar-refractivity contribution < 1.29 is 9.59 Å². The lowest BCUT2D eigenvalue weighted by atomic mass is 10.1. The SMILES string of the molecule is CC(C)(C)NC(=S)Nc1cccc(SCC(=O)Nc2ccc(NNC=O)cc2)c1. The Kier molecular flexibility index (Phi) is 8.29. The molecule has 0 aliphatic heterocycles. The van der Waals surface area contributed by atoms with Gasteiger partial charge in [0.25, 0.3) is 0 Å². The molecule has 0 aliphatic rings. The number of rotatable bonds is 8. The zero-order valence-electron chi connectivity index (χ0n) is 16.5. The Hall–Kier alpha value is -2.78. The molecule has 2 aromatic rings. The summed E-state index contributed by atoms with van der Waals surface area (Å²) in [6.07, 6.45) is 0.548. The molecule has 2 amide bonds. The quantitative estimate of drug-likeness (QED) is 0.189. The molecule has 154 valence electrons. The van der Waals surface area contributed by atoms with E-state index < -0.39 is 0 Å². The van der Waals surface area contributed by atoms with E-state index in [9.17, 15) is 9.59 Å². The van der Waals surface area contributed by atoms with Crippen LogP contribution in [0, 0.1) is 0 Å². The molecule has 0 spiro atoms. The number of thioether (sulfide) groups is 1. The summed E-state index contributed by atoms with van der Waals surface area (Å²) in [5.74, 6) is 0.172. The highest BCUT2D eigenvalue weighted by molar-refractivity contribution is 8.00. The first kappa shape index (κ1) is 22.5. The Morgan fingerprint density at radius 2 is 1.72 bits per heavy atom. The van der Waals surface area contributed by atoms with Gasteiger partial charge in [-0.1, -0.05) is 6.07 Å². The van der Waals surface area contributed by atoms with Crippen molar-refractivity contribution in [3.8, 4) is 0 Å². The predicted molar refractivity (Wildman–Crippen MR) is 124 cm³/mol. The number of anilines is 3. The Bertz CT molecular complexity index is 851. The maximum Gasteiger partial charge on any atom is 0.234 e. The van der Waals surface area contributed by atoms with E-state index in [0.29, 0.717) is 22.9 Å². The van der Waals surface area contributed by atoms with Gasteiger partial charge in [0.1, 0.15) is 0 Å². The van der Waals surface area contributed by atoms with E-state index in [2.05, 4.69) is 26.8 Å². The van der Waals surface area contributed by atoms with Crippen LogP contribution in [0.5, 0.6) is 0 Å². The summed E-state index contributed by atoms with van der Waals surface area (Å²) in [6, 6.07) is 14.8. The standard InChI is InChI=1S/C20H25N5O2S2/c1-20(2,3)24-19(28)23-16-5-4-6-17(11-16)29-12-18(27)22-14-7-9-15(10-8-14)25-21-13-26/h4-11,13,25H,12H2,1-3H3,(H,21,26)(H,22,27)(H2,23,24,28). The molecule has 29 heavy (non-hydrogen) atoms. The Morgan fingerprint density at radius 1 is 1.03 bits per heavy atom. The Balaban J connectivity index is 1.84. The molecule has 0 saturated carbocycles. The summed E-state index contributed by atoms with van der Waals surface area (Å²) in [4.78, 5) is 23.4. The van der Waals surface area contributed by atoms with Crippen LogP contribution in [0.1, 0.15) is 20.8 Å². The van der Waals surface area contributed by atoms with Crippen molar-refractivity contribution in [1.82, 2.24) is 10.7 Å². The summed E-state index contributed by atoms with van der Waals surface area (Å²) >= 11 is 6.76. The maximum absolute atomic E-state index is 12.2. The zero-order valence-corrected chi connectivity index (χ0v) is 18.2. The number of carbonyl (C=O) groups is 2. The van der Waals surface area contributed by atoms with Crippen LogP contribution in [0.4, 0.5) is 17.1 Å². The third-order valence-corrected chi connectivity index (χ3v) is 4.59. The molecule has 0 bridgehead atoms. The average molecular weight is 432 g/mol. The molecule has 0 fully saturated rings. The molecular weight excluding hydrogens is 406 g/mol. The summed E-state index contributed by atoms with van der Waals surface area (Å²) in [5, 5.41) is 9.76. The van der Waals surface area contributed by atoms with Gasteiger partial charge in [0, 0.05) is 21.8 Å². The number of nitrogens with one attached hydrogen (secondary N) is 5. The maximum atomic E-state index is 12.2. The highest BCUT2D eigenvalue weighted by Gasteiger charge is 2.11. The van der Waals surface area contributed by atoms with Gasteiger partial charge in [-0.05, 0) is 75.5 Å². The smallest absolute Gasteiger partial charge is 0.234 e. The third kappa shape index (κ3) is 8.84. The zero-order chi connectivity index (χ0) is 21.3. The van der Waals surface area contributed by atoms with Gasteiger partial charge in [0.05, 0.1) is 11.4 Å². The third-order valence-electron chi connectivity index (χ3n) is 3.39. The van der Waals surface area contributed by atoms with Crippen LogP contribution in [-0.4, -0.2) is 28.7 Å². The van der Waals surface area contributed by atoms with Crippen molar-refractivity contribution in [3.63, 3.8) is 0 Å². The molecule has 0 radical (unpaired) electrons. The van der Waals surface area contributed by atoms with Crippen LogP contribution in [-0.2, 0) is 9.59 Å². The first-order valence-electron chi connectivity index (χ1n) is 8.92. The van der Waals surface area contributed by atoms with Crippen LogP contribution in [0.3, 0.4) is 0 Å². The normalized spacial score (nSPS) is 10.6. The second kappa shape index (κ2) is 10.7. The minimum atomic E-state index is -0.117. The number of hydrazine groups is 1. The number of hydrogen-bond acceptors (Lipinski definition) is 5. The number of hydrogen-bond donors (Lipinski definition) is 5. The molecule has 5 N–H and O–H groups in total. The topological polar surface area (TPSA) is 94.3 Å². The number of thiocarbonyl (C=S) groups is 1. The molecule has 7 nitrogen and oxygen atoms in total. The van der Waals surface area contributed by atoms with E-state index in [1.54, 1.807) is 24.3 Å². The molecule has 2 rings (SSSR count). The fourth-order valence-corrected chi connectivity index (χ4v) is 3.44. The molecule has 0 aliphatic carbocycles. The number of carbonyl (C=O) groups excluding carboxylic acids is 2. The number of amides is 2. The highest BCUT2D eigenvalue weighted by Crippen LogP contribution is 2.22.